The Kier molecular flexibility index (Phi) is 5.66. The van der Waals surface area contributed by atoms with E-state index in [1.165, 1.54) is 7.11 Å². The zero-order chi connectivity index (χ0) is 12.7. The Morgan fingerprint density at radius 2 is 1.71 bits per heavy atom. The van der Waals surface area contributed by atoms with Crippen molar-refractivity contribution in [3.8, 4) is 0 Å². The van der Waals surface area contributed by atoms with Crippen LogP contribution in [-0.2, 0) is 20.6 Å². The predicted octanol–water partition coefficient (Wildman–Crippen LogP) is 2.02. The van der Waals surface area contributed by atoms with E-state index >= 15 is 0 Å². The van der Waals surface area contributed by atoms with Crippen molar-refractivity contribution in [1.29, 1.82) is 0 Å². The molecule has 0 radical (unpaired) electrons. The van der Waals surface area contributed by atoms with Crippen molar-refractivity contribution < 1.29 is 19.0 Å². The van der Waals surface area contributed by atoms with Gasteiger partial charge in [-0.05, 0) is 24.1 Å². The number of hydrogen-bond acceptors (Lipinski definition) is 4. The standard InChI is InChI=1S/C13H18O4/c1-15-12(16-2)9-6-10-4-7-11(8-5-10)13(14)17-3/h4-5,7-8,12H,6,9H2,1-3H3. The molecule has 0 spiro atoms. The maximum Gasteiger partial charge on any atom is 0.337 e. The molecule has 17 heavy (non-hydrogen) atoms. The summed E-state index contributed by atoms with van der Waals surface area (Å²) in [6.07, 6.45) is 1.44. The Balaban J connectivity index is 2.53. The summed E-state index contributed by atoms with van der Waals surface area (Å²) < 4.78 is 14.8. The zero-order valence-corrected chi connectivity index (χ0v) is 10.4. The quantitative estimate of drug-likeness (QED) is 0.562. The van der Waals surface area contributed by atoms with Crippen LogP contribution in [0.15, 0.2) is 24.3 Å². The molecule has 0 saturated heterocycles. The molecule has 0 amide bonds. The summed E-state index contributed by atoms with van der Waals surface area (Å²) in [7, 11) is 4.61. The summed E-state index contributed by atoms with van der Waals surface area (Å²) in [5, 5.41) is 0. The van der Waals surface area contributed by atoms with Gasteiger partial charge >= 0.3 is 5.97 Å². The van der Waals surface area contributed by atoms with E-state index in [9.17, 15) is 4.79 Å². The minimum atomic E-state index is -0.316. The van der Waals surface area contributed by atoms with Crippen molar-refractivity contribution in [3.05, 3.63) is 35.4 Å². The fourth-order valence-electron chi connectivity index (χ4n) is 1.54. The van der Waals surface area contributed by atoms with Crippen molar-refractivity contribution in [2.75, 3.05) is 21.3 Å². The van der Waals surface area contributed by atoms with Crippen LogP contribution in [0, 0.1) is 0 Å². The summed E-state index contributed by atoms with van der Waals surface area (Å²) in [4.78, 5) is 11.2. The van der Waals surface area contributed by atoms with Crippen molar-refractivity contribution in [1.82, 2.24) is 0 Å². The third-order valence-electron chi connectivity index (χ3n) is 2.57. The van der Waals surface area contributed by atoms with E-state index in [2.05, 4.69) is 4.74 Å². The molecule has 0 aliphatic heterocycles. The van der Waals surface area contributed by atoms with E-state index in [1.54, 1.807) is 26.4 Å². The maximum absolute atomic E-state index is 11.2. The molecule has 4 heteroatoms. The molecule has 0 aliphatic carbocycles. The van der Waals surface area contributed by atoms with Crippen LogP contribution >= 0.6 is 0 Å². The Morgan fingerprint density at radius 3 is 2.18 bits per heavy atom. The molecule has 0 unspecified atom stereocenters. The van der Waals surface area contributed by atoms with Gasteiger partial charge in [0.25, 0.3) is 0 Å². The van der Waals surface area contributed by atoms with Gasteiger partial charge in [0.15, 0.2) is 6.29 Å². The van der Waals surface area contributed by atoms with Gasteiger partial charge in [-0.2, -0.15) is 0 Å². The predicted molar refractivity (Wildman–Crippen MR) is 63.9 cm³/mol. The highest BCUT2D eigenvalue weighted by Gasteiger charge is 2.07. The van der Waals surface area contributed by atoms with E-state index in [0.29, 0.717) is 5.56 Å². The van der Waals surface area contributed by atoms with Crippen LogP contribution in [0.4, 0.5) is 0 Å². The number of hydrogen-bond donors (Lipinski definition) is 0. The largest absolute Gasteiger partial charge is 0.465 e. The van der Waals surface area contributed by atoms with Gasteiger partial charge in [0, 0.05) is 20.6 Å². The molecule has 1 aromatic carbocycles. The molecule has 94 valence electrons. The topological polar surface area (TPSA) is 44.8 Å². The molecule has 0 fully saturated rings. The summed E-state index contributed by atoms with van der Waals surface area (Å²) in [6, 6.07) is 7.34. The number of esters is 1. The highest BCUT2D eigenvalue weighted by atomic mass is 16.7. The van der Waals surface area contributed by atoms with Crippen LogP contribution in [0.2, 0.25) is 0 Å². The van der Waals surface area contributed by atoms with E-state index in [1.807, 2.05) is 12.1 Å². The number of benzene rings is 1. The molecule has 0 aliphatic rings. The van der Waals surface area contributed by atoms with Gasteiger partial charge in [-0.3, -0.25) is 0 Å². The molecular formula is C13H18O4. The average molecular weight is 238 g/mol. The third-order valence-corrected chi connectivity index (χ3v) is 2.57. The first-order valence-corrected chi connectivity index (χ1v) is 5.44. The Hall–Kier alpha value is -1.39. The van der Waals surface area contributed by atoms with Gasteiger partial charge in [0.1, 0.15) is 0 Å². The Labute approximate surface area is 101 Å². The van der Waals surface area contributed by atoms with Crippen molar-refractivity contribution in [2.45, 2.75) is 19.1 Å². The normalized spacial score (nSPS) is 10.6. The minimum Gasteiger partial charge on any atom is -0.465 e. The summed E-state index contributed by atoms with van der Waals surface area (Å²) in [5.41, 5.74) is 1.70. The molecule has 0 atom stereocenters. The highest BCUT2D eigenvalue weighted by molar-refractivity contribution is 5.89. The van der Waals surface area contributed by atoms with E-state index in [0.717, 1.165) is 18.4 Å². The van der Waals surface area contributed by atoms with Crippen molar-refractivity contribution in [2.24, 2.45) is 0 Å². The second kappa shape index (κ2) is 7.04. The lowest BCUT2D eigenvalue weighted by atomic mass is 10.1. The number of ether oxygens (including phenoxy) is 3. The van der Waals surface area contributed by atoms with Gasteiger partial charge < -0.3 is 14.2 Å². The molecule has 1 rings (SSSR count). The summed E-state index contributed by atoms with van der Waals surface area (Å²) in [5.74, 6) is -0.316. The molecule has 0 N–H and O–H groups in total. The smallest absolute Gasteiger partial charge is 0.337 e. The lowest BCUT2D eigenvalue weighted by Crippen LogP contribution is -2.13. The van der Waals surface area contributed by atoms with Crippen LogP contribution in [-0.4, -0.2) is 33.6 Å². The fourth-order valence-corrected chi connectivity index (χ4v) is 1.54. The number of rotatable bonds is 6. The number of carbonyl (C=O) groups is 1. The monoisotopic (exact) mass is 238 g/mol. The lowest BCUT2D eigenvalue weighted by molar-refractivity contribution is -0.105. The summed E-state index contributed by atoms with van der Waals surface area (Å²) >= 11 is 0. The second-order valence-electron chi connectivity index (χ2n) is 3.63. The minimum absolute atomic E-state index is 0.185. The van der Waals surface area contributed by atoms with E-state index in [-0.39, 0.29) is 12.3 Å². The SMILES string of the molecule is COC(=O)c1ccc(CCC(OC)OC)cc1. The summed E-state index contributed by atoms with van der Waals surface area (Å²) in [6.45, 7) is 0. The second-order valence-corrected chi connectivity index (χ2v) is 3.63. The van der Waals surface area contributed by atoms with Crippen LogP contribution < -0.4 is 0 Å². The van der Waals surface area contributed by atoms with Crippen LogP contribution in [0.1, 0.15) is 22.3 Å². The number of aryl methyl sites for hydroxylation is 1. The first-order valence-electron chi connectivity index (χ1n) is 5.44. The third kappa shape index (κ3) is 4.17. The molecular weight excluding hydrogens is 220 g/mol. The van der Waals surface area contributed by atoms with Gasteiger partial charge in [-0.15, -0.1) is 0 Å². The maximum atomic E-state index is 11.2. The highest BCUT2D eigenvalue weighted by Crippen LogP contribution is 2.10. The molecule has 0 saturated carbocycles. The van der Waals surface area contributed by atoms with Crippen LogP contribution in [0.3, 0.4) is 0 Å². The molecule has 0 heterocycles. The molecule has 1 aromatic rings. The van der Waals surface area contributed by atoms with Gasteiger partial charge in [-0.25, -0.2) is 4.79 Å². The van der Waals surface area contributed by atoms with E-state index in [4.69, 9.17) is 9.47 Å². The Bertz CT molecular complexity index is 341. The van der Waals surface area contributed by atoms with Gasteiger partial charge in [-0.1, -0.05) is 12.1 Å². The Morgan fingerprint density at radius 1 is 1.12 bits per heavy atom. The fraction of sp³-hybridized carbons (Fsp3) is 0.462. The van der Waals surface area contributed by atoms with Crippen molar-refractivity contribution in [3.63, 3.8) is 0 Å². The molecule has 0 aromatic heterocycles. The van der Waals surface area contributed by atoms with Gasteiger partial charge in [0.05, 0.1) is 12.7 Å². The lowest BCUT2D eigenvalue weighted by Gasteiger charge is -2.12. The van der Waals surface area contributed by atoms with E-state index < -0.39 is 0 Å². The van der Waals surface area contributed by atoms with Crippen LogP contribution in [0.25, 0.3) is 0 Å². The first-order chi connectivity index (χ1) is 8.21. The number of methoxy groups -OCH3 is 3. The zero-order valence-electron chi connectivity index (χ0n) is 10.4. The number of carbonyl (C=O) groups excluding carboxylic acids is 1. The van der Waals surface area contributed by atoms with Gasteiger partial charge in [0.2, 0.25) is 0 Å². The molecule has 0 bridgehead atoms. The molecule has 4 nitrogen and oxygen atoms in total. The van der Waals surface area contributed by atoms with Crippen molar-refractivity contribution >= 4 is 5.97 Å². The van der Waals surface area contributed by atoms with Crippen LogP contribution in [0.5, 0.6) is 0 Å². The first kappa shape index (κ1) is 13.7. The average Bonchev–Trinajstić information content (AvgIpc) is 2.39.